The number of para-hydroxylation sites is 1. The number of rotatable bonds is 4. The largest absolute Gasteiger partial charge is 0.467 e. The predicted octanol–water partition coefficient (Wildman–Crippen LogP) is 3.41. The first kappa shape index (κ1) is 20.5. The van der Waals surface area contributed by atoms with E-state index >= 15 is 0 Å². The van der Waals surface area contributed by atoms with Gasteiger partial charge in [0.2, 0.25) is 11.8 Å². The quantitative estimate of drug-likeness (QED) is 0.487. The lowest BCUT2D eigenvalue weighted by Crippen LogP contribution is -2.53. The molecule has 4 atom stereocenters. The van der Waals surface area contributed by atoms with E-state index in [-0.39, 0.29) is 5.69 Å². The average Bonchev–Trinajstić information content (AvgIpc) is 3.52. The van der Waals surface area contributed by atoms with Crippen molar-refractivity contribution in [1.82, 2.24) is 5.32 Å². The smallest absolute Gasteiger partial charge is 0.331 e. The van der Waals surface area contributed by atoms with Crippen molar-refractivity contribution in [1.29, 1.82) is 0 Å². The second-order valence-electron chi connectivity index (χ2n) is 7.77. The molecule has 2 amide bonds. The van der Waals surface area contributed by atoms with Crippen LogP contribution in [0.4, 0.5) is 10.1 Å². The monoisotopic (exact) mass is 450 g/mol. The zero-order chi connectivity index (χ0) is 22.5. The third kappa shape index (κ3) is 2.76. The van der Waals surface area contributed by atoms with Crippen molar-refractivity contribution in [2.24, 2.45) is 11.8 Å². The Morgan fingerprint density at radius 1 is 1.03 bits per heavy atom. The normalized spacial score (nSPS) is 26.9. The van der Waals surface area contributed by atoms with Gasteiger partial charge in [0.15, 0.2) is 5.54 Å². The molecule has 0 spiro atoms. The topological polar surface area (TPSA) is 75.7 Å². The Labute approximate surface area is 187 Å². The summed E-state index contributed by atoms with van der Waals surface area (Å²) in [5.41, 5.74) is -1.20. The maximum Gasteiger partial charge on any atom is 0.331 e. The number of carbonyl (C=O) groups is 3. The van der Waals surface area contributed by atoms with E-state index in [1.165, 1.54) is 36.6 Å². The van der Waals surface area contributed by atoms with Crippen LogP contribution in [-0.2, 0) is 24.7 Å². The van der Waals surface area contributed by atoms with Gasteiger partial charge in [-0.3, -0.25) is 14.9 Å². The van der Waals surface area contributed by atoms with Crippen LogP contribution in [0, 0.1) is 17.7 Å². The Hall–Kier alpha value is -3.36. The fourth-order valence-corrected chi connectivity index (χ4v) is 5.75. The molecule has 2 saturated heterocycles. The molecule has 1 aromatic heterocycles. The lowest BCUT2D eigenvalue weighted by atomic mass is 9.75. The first-order valence-corrected chi connectivity index (χ1v) is 11.0. The Bertz CT molecular complexity index is 1200. The molecule has 0 aliphatic carbocycles. The number of halogens is 1. The molecule has 6 nitrogen and oxygen atoms in total. The van der Waals surface area contributed by atoms with Gasteiger partial charge < -0.3 is 4.74 Å². The second-order valence-corrected chi connectivity index (χ2v) is 8.75. The fraction of sp³-hybridized carbons (Fsp3) is 0.208. The van der Waals surface area contributed by atoms with Crippen LogP contribution in [0.2, 0.25) is 0 Å². The van der Waals surface area contributed by atoms with Crippen LogP contribution in [0.1, 0.15) is 16.5 Å². The highest BCUT2D eigenvalue weighted by atomic mass is 32.1. The Morgan fingerprint density at radius 2 is 1.75 bits per heavy atom. The molecular weight excluding hydrogens is 431 g/mol. The summed E-state index contributed by atoms with van der Waals surface area (Å²) >= 11 is 1.42. The number of fused-ring (bicyclic) bond motifs is 1. The minimum Gasteiger partial charge on any atom is -0.467 e. The summed E-state index contributed by atoms with van der Waals surface area (Å²) in [6, 6.07) is 17.5. The van der Waals surface area contributed by atoms with E-state index in [9.17, 15) is 18.8 Å². The number of nitrogens with zero attached hydrogens (tertiary/aromatic N) is 1. The van der Waals surface area contributed by atoms with Gasteiger partial charge in [0, 0.05) is 4.88 Å². The van der Waals surface area contributed by atoms with E-state index in [4.69, 9.17) is 4.74 Å². The summed E-state index contributed by atoms with van der Waals surface area (Å²) in [5.74, 6) is -4.53. The van der Waals surface area contributed by atoms with Gasteiger partial charge in [0.1, 0.15) is 5.82 Å². The van der Waals surface area contributed by atoms with Gasteiger partial charge in [0.25, 0.3) is 0 Å². The fourth-order valence-electron chi connectivity index (χ4n) is 4.92. The summed E-state index contributed by atoms with van der Waals surface area (Å²) in [4.78, 5) is 42.4. The number of benzene rings is 2. The number of imide groups is 1. The molecule has 2 fully saturated rings. The SMILES string of the molecule is COC(=O)[C@@]1(c2ccccc2)N[C@@H](c2cccs2)[C@H]2C(=O)N(c3ccccc3F)C(=O)[C@H]21. The van der Waals surface area contributed by atoms with Crippen LogP contribution in [0.5, 0.6) is 0 Å². The number of carbonyl (C=O) groups excluding carboxylic acids is 3. The van der Waals surface area contributed by atoms with E-state index in [1.807, 2.05) is 17.5 Å². The van der Waals surface area contributed by atoms with Crippen LogP contribution in [-0.4, -0.2) is 24.9 Å². The molecule has 8 heteroatoms. The number of hydrogen-bond donors (Lipinski definition) is 1. The van der Waals surface area contributed by atoms with Crippen molar-refractivity contribution in [2.75, 3.05) is 12.0 Å². The number of nitrogens with one attached hydrogen (secondary N) is 1. The van der Waals surface area contributed by atoms with Crippen molar-refractivity contribution < 1.29 is 23.5 Å². The average molecular weight is 450 g/mol. The van der Waals surface area contributed by atoms with E-state index < -0.39 is 47.0 Å². The maximum atomic E-state index is 14.6. The van der Waals surface area contributed by atoms with E-state index in [1.54, 1.807) is 36.4 Å². The van der Waals surface area contributed by atoms with Crippen molar-refractivity contribution in [3.8, 4) is 0 Å². The van der Waals surface area contributed by atoms with Crippen LogP contribution < -0.4 is 10.2 Å². The molecule has 32 heavy (non-hydrogen) atoms. The number of anilines is 1. The standard InChI is InChI=1S/C24H19FN2O4S/c1-31-23(30)24(14-8-3-2-4-9-14)19-18(20(26-24)17-12-7-13-32-17)21(28)27(22(19)29)16-11-6-5-10-15(16)25/h2-13,18-20,26H,1H3/t18-,19-,20-,24-/m0/s1. The van der Waals surface area contributed by atoms with Crippen LogP contribution in [0.3, 0.4) is 0 Å². The predicted molar refractivity (Wildman–Crippen MR) is 116 cm³/mol. The first-order chi connectivity index (χ1) is 15.5. The number of methoxy groups -OCH3 is 1. The van der Waals surface area contributed by atoms with Gasteiger partial charge in [-0.25, -0.2) is 14.1 Å². The summed E-state index contributed by atoms with van der Waals surface area (Å²) in [6.07, 6.45) is 0. The van der Waals surface area contributed by atoms with Crippen molar-refractivity contribution in [3.05, 3.63) is 88.4 Å². The maximum absolute atomic E-state index is 14.6. The van der Waals surface area contributed by atoms with Crippen molar-refractivity contribution in [3.63, 3.8) is 0 Å². The van der Waals surface area contributed by atoms with Crippen LogP contribution in [0.15, 0.2) is 72.1 Å². The third-order valence-corrected chi connectivity index (χ3v) is 7.19. The summed E-state index contributed by atoms with van der Waals surface area (Å²) in [6.45, 7) is 0. The van der Waals surface area contributed by atoms with Gasteiger partial charge in [-0.1, -0.05) is 48.5 Å². The highest BCUT2D eigenvalue weighted by Gasteiger charge is 2.70. The molecule has 0 unspecified atom stereocenters. The Kier molecular flexibility index (Phi) is 4.91. The summed E-state index contributed by atoms with van der Waals surface area (Å²) in [7, 11) is 1.25. The lowest BCUT2D eigenvalue weighted by Gasteiger charge is -2.32. The second kappa shape index (κ2) is 7.65. The Morgan fingerprint density at radius 3 is 2.41 bits per heavy atom. The number of esters is 1. The highest BCUT2D eigenvalue weighted by Crippen LogP contribution is 2.54. The molecule has 3 aromatic rings. The van der Waals surface area contributed by atoms with Crippen molar-refractivity contribution in [2.45, 2.75) is 11.6 Å². The van der Waals surface area contributed by atoms with E-state index in [0.717, 1.165) is 9.78 Å². The minimum atomic E-state index is -1.60. The molecule has 162 valence electrons. The molecule has 3 heterocycles. The number of amides is 2. The van der Waals surface area contributed by atoms with Gasteiger partial charge in [0.05, 0.1) is 30.7 Å². The molecule has 0 radical (unpaired) electrons. The van der Waals surface area contributed by atoms with E-state index in [2.05, 4.69) is 5.32 Å². The highest BCUT2D eigenvalue weighted by molar-refractivity contribution is 7.10. The van der Waals surface area contributed by atoms with Gasteiger partial charge in [-0.05, 0) is 29.1 Å². The first-order valence-electron chi connectivity index (χ1n) is 10.1. The van der Waals surface area contributed by atoms with Crippen LogP contribution in [0.25, 0.3) is 0 Å². The zero-order valence-electron chi connectivity index (χ0n) is 17.0. The van der Waals surface area contributed by atoms with Crippen molar-refractivity contribution >= 4 is 34.8 Å². The molecule has 2 aliphatic rings. The molecule has 2 aliphatic heterocycles. The molecule has 1 N–H and O–H groups in total. The molecule has 5 rings (SSSR count). The Balaban J connectivity index is 1.74. The molecular formula is C24H19FN2O4S. The summed E-state index contributed by atoms with van der Waals surface area (Å²) in [5, 5.41) is 5.16. The van der Waals surface area contributed by atoms with Gasteiger partial charge >= 0.3 is 5.97 Å². The molecule has 2 aromatic carbocycles. The van der Waals surface area contributed by atoms with E-state index in [0.29, 0.717) is 5.56 Å². The van der Waals surface area contributed by atoms with Crippen LogP contribution >= 0.6 is 11.3 Å². The molecule has 0 saturated carbocycles. The van der Waals surface area contributed by atoms with Gasteiger partial charge in [-0.15, -0.1) is 11.3 Å². The zero-order valence-corrected chi connectivity index (χ0v) is 17.8. The molecule has 0 bridgehead atoms. The number of thiophene rings is 1. The lowest BCUT2D eigenvalue weighted by molar-refractivity contribution is -0.152. The number of ether oxygens (including phenoxy) is 1. The third-order valence-electron chi connectivity index (χ3n) is 6.24. The van der Waals surface area contributed by atoms with Gasteiger partial charge in [-0.2, -0.15) is 0 Å². The minimum absolute atomic E-state index is 0.117. The summed E-state index contributed by atoms with van der Waals surface area (Å²) < 4.78 is 19.8. The number of hydrogen-bond acceptors (Lipinski definition) is 6.